The normalized spacial score (nSPS) is 26.3. The Bertz CT molecular complexity index is 1020. The van der Waals surface area contributed by atoms with Crippen LogP contribution in [0.4, 0.5) is 0 Å². The smallest absolute Gasteiger partial charge is 0.224 e. The van der Waals surface area contributed by atoms with Gasteiger partial charge in [0.1, 0.15) is 34.3 Å². The van der Waals surface area contributed by atoms with Gasteiger partial charge in [-0.3, -0.25) is 4.68 Å². The maximum atomic E-state index is 5.65. The van der Waals surface area contributed by atoms with Crippen molar-refractivity contribution in [2.45, 2.75) is 50.9 Å². The fraction of sp³-hybridized carbons (Fsp3) is 0.588. The predicted octanol–water partition coefficient (Wildman–Crippen LogP) is 2.61. The van der Waals surface area contributed by atoms with Crippen LogP contribution in [0.15, 0.2) is 10.7 Å². The number of aromatic nitrogens is 7. The molecule has 0 saturated heterocycles. The molecule has 2 aliphatic rings. The first kappa shape index (κ1) is 16.4. The number of rotatable bonds is 1. The Hall–Kier alpha value is -1.78. The van der Waals surface area contributed by atoms with E-state index in [4.69, 9.17) is 9.62 Å². The van der Waals surface area contributed by atoms with Crippen molar-refractivity contribution in [3.63, 3.8) is 0 Å². The molecule has 0 amide bonds. The number of hydrogen-bond acceptors (Lipinski definition) is 6. The molecular weight excluding hydrogens is 445 g/mol. The van der Waals surface area contributed by atoms with Gasteiger partial charge in [0.15, 0.2) is 0 Å². The van der Waals surface area contributed by atoms with Crippen molar-refractivity contribution in [3.8, 4) is 11.5 Å². The molecule has 0 radical (unpaired) electrons. The van der Waals surface area contributed by atoms with E-state index in [0.717, 1.165) is 36.4 Å². The number of fused-ring (bicyclic) bond motifs is 4. The second-order valence-electron chi connectivity index (χ2n) is 8.24. The van der Waals surface area contributed by atoms with E-state index >= 15 is 0 Å². The summed E-state index contributed by atoms with van der Waals surface area (Å²) < 4.78 is 9.03. The van der Waals surface area contributed by atoms with Crippen LogP contribution in [0.3, 0.4) is 0 Å². The lowest BCUT2D eigenvalue weighted by Gasteiger charge is -2.51. The van der Waals surface area contributed by atoms with Gasteiger partial charge in [-0.1, -0.05) is 25.9 Å². The first-order chi connectivity index (χ1) is 12.3. The molecule has 3 aromatic heterocycles. The maximum Gasteiger partial charge on any atom is 0.224 e. The SMILES string of the molecule is Cn1nc2c(c1-c1nnn(I)n1)CC[C@H]1C(C)(C)c3oncc3C[C@]21C. The van der Waals surface area contributed by atoms with Gasteiger partial charge in [-0.05, 0) is 30.4 Å². The van der Waals surface area contributed by atoms with E-state index in [2.05, 4.69) is 41.3 Å². The summed E-state index contributed by atoms with van der Waals surface area (Å²) in [6, 6.07) is 0. The largest absolute Gasteiger partial charge is 0.361 e. The zero-order valence-electron chi connectivity index (χ0n) is 15.2. The van der Waals surface area contributed by atoms with Crippen LogP contribution < -0.4 is 0 Å². The van der Waals surface area contributed by atoms with E-state index in [-0.39, 0.29) is 10.8 Å². The summed E-state index contributed by atoms with van der Waals surface area (Å²) in [4.78, 5) is 0. The van der Waals surface area contributed by atoms with Crippen molar-refractivity contribution in [2.24, 2.45) is 13.0 Å². The summed E-state index contributed by atoms with van der Waals surface area (Å²) in [6.45, 7) is 6.89. The fourth-order valence-corrected chi connectivity index (χ4v) is 5.74. The highest BCUT2D eigenvalue weighted by atomic mass is 127. The van der Waals surface area contributed by atoms with Crippen molar-refractivity contribution < 1.29 is 4.52 Å². The first-order valence-corrected chi connectivity index (χ1v) is 9.76. The van der Waals surface area contributed by atoms with Gasteiger partial charge in [-0.15, -0.1) is 13.2 Å². The molecule has 9 heteroatoms. The molecule has 3 aromatic rings. The van der Waals surface area contributed by atoms with Crippen LogP contribution in [0.5, 0.6) is 0 Å². The van der Waals surface area contributed by atoms with Gasteiger partial charge < -0.3 is 4.52 Å². The van der Waals surface area contributed by atoms with Crippen LogP contribution in [0, 0.1) is 5.92 Å². The lowest BCUT2D eigenvalue weighted by molar-refractivity contribution is 0.109. The monoisotopic (exact) mass is 465 g/mol. The Morgan fingerprint density at radius 1 is 1.27 bits per heavy atom. The van der Waals surface area contributed by atoms with E-state index in [1.54, 1.807) is 0 Å². The van der Waals surface area contributed by atoms with Crippen LogP contribution in [0.25, 0.3) is 11.5 Å². The van der Waals surface area contributed by atoms with Gasteiger partial charge in [0.05, 0.1) is 11.9 Å². The van der Waals surface area contributed by atoms with Crippen LogP contribution in [0.1, 0.15) is 49.8 Å². The summed E-state index contributed by atoms with van der Waals surface area (Å²) in [5, 5.41) is 21.7. The van der Waals surface area contributed by atoms with Crippen molar-refractivity contribution >= 4 is 22.9 Å². The Morgan fingerprint density at radius 3 is 2.81 bits per heavy atom. The molecule has 2 atom stereocenters. The zero-order chi connectivity index (χ0) is 18.3. The second-order valence-corrected chi connectivity index (χ2v) is 9.10. The third-order valence-corrected chi connectivity index (χ3v) is 6.81. The van der Waals surface area contributed by atoms with Crippen LogP contribution >= 0.6 is 22.9 Å². The van der Waals surface area contributed by atoms with Crippen molar-refractivity contribution in [3.05, 3.63) is 28.8 Å². The minimum atomic E-state index is -0.0716. The summed E-state index contributed by atoms with van der Waals surface area (Å²) >= 11 is 2.01. The average molecular weight is 465 g/mol. The van der Waals surface area contributed by atoms with Gasteiger partial charge in [-0.2, -0.15) is 5.10 Å². The summed E-state index contributed by atoms with van der Waals surface area (Å²) in [5.41, 5.74) is 4.47. The van der Waals surface area contributed by atoms with Gasteiger partial charge in [-0.25, -0.2) is 0 Å². The first-order valence-electron chi connectivity index (χ1n) is 8.79. The van der Waals surface area contributed by atoms with Gasteiger partial charge >= 0.3 is 0 Å². The standard InChI is InChI=1S/C17H20IN7O/c1-16(2)11-6-5-10-12(15-20-23-25(18)22-15)24(4)21-13(10)17(11,3)7-9-8-19-26-14(9)16/h8,11H,5-7H2,1-4H3/t11-,17-/m0/s1. The molecule has 0 saturated carbocycles. The topological polar surface area (TPSA) is 87.5 Å². The van der Waals surface area contributed by atoms with Crippen LogP contribution in [-0.4, -0.2) is 33.4 Å². The third-order valence-electron chi connectivity index (χ3n) is 6.40. The molecule has 0 spiro atoms. The summed E-state index contributed by atoms with van der Waals surface area (Å²) in [6.07, 6.45) is 4.81. The van der Waals surface area contributed by atoms with Crippen molar-refractivity contribution in [2.75, 3.05) is 0 Å². The molecule has 8 nitrogen and oxygen atoms in total. The van der Waals surface area contributed by atoms with Gasteiger partial charge in [0, 0.05) is 29.0 Å². The minimum absolute atomic E-state index is 0.0635. The predicted molar refractivity (Wildman–Crippen MR) is 102 cm³/mol. The zero-order valence-corrected chi connectivity index (χ0v) is 17.4. The summed E-state index contributed by atoms with van der Waals surface area (Å²) in [5.74, 6) is 2.12. The molecule has 0 bridgehead atoms. The van der Waals surface area contributed by atoms with Crippen LogP contribution in [0.2, 0.25) is 0 Å². The molecule has 0 aromatic carbocycles. The quantitative estimate of drug-likeness (QED) is 0.514. The number of tetrazole rings is 1. The Morgan fingerprint density at radius 2 is 2.08 bits per heavy atom. The van der Waals surface area contributed by atoms with Crippen molar-refractivity contribution in [1.82, 2.24) is 33.4 Å². The second kappa shape index (κ2) is 5.14. The molecule has 0 aliphatic heterocycles. The molecule has 0 N–H and O–H groups in total. The highest BCUT2D eigenvalue weighted by molar-refractivity contribution is 14.1. The number of nitrogens with zero attached hydrogens (tertiary/aromatic N) is 7. The van der Waals surface area contributed by atoms with Gasteiger partial charge in [0.25, 0.3) is 0 Å². The average Bonchev–Trinajstić information content (AvgIpc) is 3.26. The molecule has 0 unspecified atom stereocenters. The van der Waals surface area contributed by atoms with E-state index < -0.39 is 0 Å². The molecule has 3 heterocycles. The van der Waals surface area contributed by atoms with Crippen molar-refractivity contribution in [1.29, 1.82) is 0 Å². The highest BCUT2D eigenvalue weighted by Gasteiger charge is 2.56. The molecule has 0 fully saturated rings. The van der Waals surface area contributed by atoms with Gasteiger partial charge in [0.2, 0.25) is 5.82 Å². The molecule has 5 rings (SSSR count). The van der Waals surface area contributed by atoms with E-state index in [9.17, 15) is 0 Å². The lowest BCUT2D eigenvalue weighted by atomic mass is 9.51. The van der Waals surface area contributed by atoms with E-state index in [1.807, 2.05) is 40.8 Å². The Balaban J connectivity index is 1.71. The minimum Gasteiger partial charge on any atom is -0.361 e. The highest BCUT2D eigenvalue weighted by Crippen LogP contribution is 2.56. The summed E-state index contributed by atoms with van der Waals surface area (Å²) in [7, 11) is 1.97. The van der Waals surface area contributed by atoms with E-state index in [0.29, 0.717) is 11.7 Å². The molecule has 2 aliphatic carbocycles. The number of halogens is 1. The lowest BCUT2D eigenvalue weighted by Crippen LogP contribution is -2.51. The van der Waals surface area contributed by atoms with E-state index in [1.165, 1.54) is 14.1 Å². The Labute approximate surface area is 164 Å². The number of aryl methyl sites for hydroxylation is 1. The fourth-order valence-electron chi connectivity index (χ4n) is 5.44. The van der Waals surface area contributed by atoms with Crippen LogP contribution in [-0.2, 0) is 30.7 Å². The molecular formula is C17H20IN7O. The third kappa shape index (κ3) is 1.97. The Kier molecular flexibility index (Phi) is 3.24. The molecule has 26 heavy (non-hydrogen) atoms. The molecule has 136 valence electrons. The number of hydrogen-bond donors (Lipinski definition) is 0. The maximum absolute atomic E-state index is 5.65.